The van der Waals surface area contributed by atoms with Crippen molar-refractivity contribution in [3.05, 3.63) is 29.3 Å². The largest absolute Gasteiger partial charge is 0.348 e. The van der Waals surface area contributed by atoms with Crippen molar-refractivity contribution in [3.8, 4) is 0 Å². The smallest absolute Gasteiger partial charge is 0.233 e. The fourth-order valence-electron chi connectivity index (χ4n) is 2.54. The molecule has 1 amide bonds. The molecule has 0 bridgehead atoms. The average Bonchev–Trinajstić information content (AvgIpc) is 3.16. The van der Waals surface area contributed by atoms with Gasteiger partial charge in [-0.25, -0.2) is 9.97 Å². The van der Waals surface area contributed by atoms with Crippen molar-refractivity contribution in [2.75, 3.05) is 18.8 Å². The quantitative estimate of drug-likeness (QED) is 0.879. The number of thioether (sulfide) groups is 1. The predicted octanol–water partition coefficient (Wildman–Crippen LogP) is 2.67. The first-order chi connectivity index (χ1) is 10.2. The molecule has 7 heteroatoms. The molecule has 1 aliphatic rings. The molecule has 0 aliphatic carbocycles. The average molecular weight is 322 g/mol. The molecule has 1 atom stereocenters. The Morgan fingerprint density at radius 2 is 2.52 bits per heavy atom. The number of rotatable bonds is 4. The second-order valence-corrected chi connectivity index (χ2v) is 7.28. The van der Waals surface area contributed by atoms with E-state index in [1.807, 2.05) is 23.4 Å². The number of carbonyl (C=O) groups excluding carboxylic acids is 1. The maximum Gasteiger partial charge on any atom is 0.233 e. The van der Waals surface area contributed by atoms with Crippen LogP contribution in [0.4, 0.5) is 0 Å². The molecule has 1 saturated heterocycles. The molecular weight excluding hydrogens is 304 g/mol. The van der Waals surface area contributed by atoms with Crippen LogP contribution in [0, 0.1) is 6.92 Å². The van der Waals surface area contributed by atoms with Gasteiger partial charge in [-0.05, 0) is 19.8 Å². The molecule has 0 saturated carbocycles. The normalized spacial score (nSPS) is 18.9. The minimum atomic E-state index is 0.198. The number of imidazole rings is 1. The van der Waals surface area contributed by atoms with Crippen LogP contribution in [0.5, 0.6) is 0 Å². The molecule has 3 rings (SSSR count). The zero-order valence-electron chi connectivity index (χ0n) is 11.9. The van der Waals surface area contributed by atoms with E-state index in [2.05, 4.69) is 15.0 Å². The first-order valence-corrected chi connectivity index (χ1v) is 8.91. The van der Waals surface area contributed by atoms with Gasteiger partial charge >= 0.3 is 0 Å². The van der Waals surface area contributed by atoms with Crippen molar-refractivity contribution in [3.63, 3.8) is 0 Å². The van der Waals surface area contributed by atoms with E-state index in [1.165, 1.54) is 11.8 Å². The maximum atomic E-state index is 12.3. The van der Waals surface area contributed by atoms with Crippen molar-refractivity contribution >= 4 is 29.0 Å². The van der Waals surface area contributed by atoms with Gasteiger partial charge in [-0.15, -0.1) is 11.3 Å². The number of carbonyl (C=O) groups is 1. The van der Waals surface area contributed by atoms with Crippen LogP contribution in [-0.2, 0) is 4.79 Å². The van der Waals surface area contributed by atoms with E-state index in [9.17, 15) is 4.79 Å². The van der Waals surface area contributed by atoms with Crippen LogP contribution in [0.1, 0.15) is 30.3 Å². The van der Waals surface area contributed by atoms with Gasteiger partial charge in [0.05, 0.1) is 5.75 Å². The molecule has 1 N–H and O–H groups in total. The van der Waals surface area contributed by atoms with Gasteiger partial charge in [0, 0.05) is 42.5 Å². The monoisotopic (exact) mass is 322 g/mol. The zero-order valence-corrected chi connectivity index (χ0v) is 13.5. The topological polar surface area (TPSA) is 61.9 Å². The summed E-state index contributed by atoms with van der Waals surface area (Å²) < 4.78 is 0.973. The lowest BCUT2D eigenvalue weighted by atomic mass is 9.97. The van der Waals surface area contributed by atoms with Crippen LogP contribution in [0.3, 0.4) is 0 Å². The number of aryl methyl sites for hydroxylation is 1. The number of nitrogens with one attached hydrogen (secondary N) is 1. The number of nitrogens with zero attached hydrogens (tertiary/aromatic N) is 3. The lowest BCUT2D eigenvalue weighted by Crippen LogP contribution is -2.40. The summed E-state index contributed by atoms with van der Waals surface area (Å²) in [5.74, 6) is 2.00. The first kappa shape index (κ1) is 14.6. The third kappa shape index (κ3) is 3.65. The summed E-state index contributed by atoms with van der Waals surface area (Å²) in [5.41, 5.74) is 1.02. The summed E-state index contributed by atoms with van der Waals surface area (Å²) in [6, 6.07) is 0. The van der Waals surface area contributed by atoms with Gasteiger partial charge in [0.2, 0.25) is 5.91 Å². The molecule has 0 spiro atoms. The maximum absolute atomic E-state index is 12.3. The minimum absolute atomic E-state index is 0.198. The van der Waals surface area contributed by atoms with E-state index >= 15 is 0 Å². The molecule has 0 aromatic carbocycles. The Morgan fingerprint density at radius 3 is 3.24 bits per heavy atom. The third-order valence-corrected chi connectivity index (χ3v) is 5.72. The predicted molar refractivity (Wildman–Crippen MR) is 84.7 cm³/mol. The van der Waals surface area contributed by atoms with Crippen LogP contribution in [-0.4, -0.2) is 44.6 Å². The first-order valence-electron chi connectivity index (χ1n) is 7.04. The summed E-state index contributed by atoms with van der Waals surface area (Å²) in [7, 11) is 0. The highest BCUT2D eigenvalue weighted by Crippen LogP contribution is 2.26. The van der Waals surface area contributed by atoms with Gasteiger partial charge in [0.25, 0.3) is 0 Å². The number of likely N-dealkylation sites (tertiary alicyclic amines) is 1. The Kier molecular flexibility index (Phi) is 4.60. The Morgan fingerprint density at radius 1 is 1.62 bits per heavy atom. The van der Waals surface area contributed by atoms with Gasteiger partial charge in [-0.2, -0.15) is 0 Å². The van der Waals surface area contributed by atoms with E-state index in [0.29, 0.717) is 11.7 Å². The molecule has 1 fully saturated rings. The Balaban J connectivity index is 1.54. The molecule has 1 aliphatic heterocycles. The fourth-order valence-corrected chi connectivity index (χ4v) is 4.29. The Bertz CT molecular complexity index is 596. The lowest BCUT2D eigenvalue weighted by Gasteiger charge is -2.31. The molecule has 2 aromatic rings. The van der Waals surface area contributed by atoms with Crippen LogP contribution in [0.2, 0.25) is 0 Å². The number of piperidine rings is 1. The molecule has 5 nitrogen and oxygen atoms in total. The number of aromatic amines is 1. The number of thiazole rings is 1. The van der Waals surface area contributed by atoms with Gasteiger partial charge < -0.3 is 9.88 Å². The lowest BCUT2D eigenvalue weighted by molar-refractivity contribution is -0.129. The SMILES string of the molecule is Cc1csc(SCC(=O)N2CCCC(c3ncc[nH]3)C2)n1. The standard InChI is InChI=1S/C14H18N4OS2/c1-10-8-20-14(17-10)21-9-12(19)18-6-2-3-11(7-18)13-15-4-5-16-13/h4-5,8,11H,2-3,6-7,9H2,1H3,(H,15,16). The molecule has 1 unspecified atom stereocenters. The number of amides is 1. The number of hydrogen-bond donors (Lipinski definition) is 1. The highest BCUT2D eigenvalue weighted by atomic mass is 32.2. The van der Waals surface area contributed by atoms with E-state index in [1.54, 1.807) is 17.5 Å². The molecule has 21 heavy (non-hydrogen) atoms. The third-order valence-electron chi connectivity index (χ3n) is 3.60. The summed E-state index contributed by atoms with van der Waals surface area (Å²) in [6.07, 6.45) is 5.75. The van der Waals surface area contributed by atoms with Crippen LogP contribution in [0.25, 0.3) is 0 Å². The van der Waals surface area contributed by atoms with E-state index in [-0.39, 0.29) is 5.91 Å². The summed E-state index contributed by atoms with van der Waals surface area (Å²) in [4.78, 5) is 26.2. The van der Waals surface area contributed by atoms with Crippen molar-refractivity contribution in [2.45, 2.75) is 30.0 Å². The van der Waals surface area contributed by atoms with Crippen LogP contribution >= 0.6 is 23.1 Å². The molecule has 0 radical (unpaired) electrons. The van der Waals surface area contributed by atoms with Crippen LogP contribution < -0.4 is 0 Å². The second kappa shape index (κ2) is 6.62. The summed E-state index contributed by atoms with van der Waals surface area (Å²) >= 11 is 3.14. The zero-order chi connectivity index (χ0) is 14.7. The van der Waals surface area contributed by atoms with E-state index in [0.717, 1.165) is 41.8 Å². The van der Waals surface area contributed by atoms with E-state index in [4.69, 9.17) is 0 Å². The molecule has 3 heterocycles. The van der Waals surface area contributed by atoms with Crippen LogP contribution in [0.15, 0.2) is 22.1 Å². The number of hydrogen-bond acceptors (Lipinski definition) is 5. The van der Waals surface area contributed by atoms with Crippen molar-refractivity contribution in [1.29, 1.82) is 0 Å². The van der Waals surface area contributed by atoms with Gasteiger partial charge in [-0.3, -0.25) is 4.79 Å². The minimum Gasteiger partial charge on any atom is -0.348 e. The van der Waals surface area contributed by atoms with E-state index < -0.39 is 0 Å². The van der Waals surface area contributed by atoms with Gasteiger partial charge in [-0.1, -0.05) is 11.8 Å². The summed E-state index contributed by atoms with van der Waals surface area (Å²) in [6.45, 7) is 3.60. The summed E-state index contributed by atoms with van der Waals surface area (Å²) in [5, 5.41) is 2.01. The molecular formula is C14H18N4OS2. The highest BCUT2D eigenvalue weighted by molar-refractivity contribution is 8.01. The van der Waals surface area contributed by atoms with Gasteiger partial charge in [0.1, 0.15) is 5.82 Å². The fraction of sp³-hybridized carbons (Fsp3) is 0.500. The molecule has 112 valence electrons. The van der Waals surface area contributed by atoms with Crippen molar-refractivity contribution in [2.24, 2.45) is 0 Å². The Labute approximate surface area is 132 Å². The van der Waals surface area contributed by atoms with Crippen molar-refractivity contribution in [1.82, 2.24) is 19.9 Å². The second-order valence-electron chi connectivity index (χ2n) is 5.20. The Hall–Kier alpha value is -1.34. The van der Waals surface area contributed by atoms with Crippen molar-refractivity contribution < 1.29 is 4.79 Å². The number of H-pyrrole nitrogens is 1. The van der Waals surface area contributed by atoms with Gasteiger partial charge in [0.15, 0.2) is 4.34 Å². The molecule has 2 aromatic heterocycles. The highest BCUT2D eigenvalue weighted by Gasteiger charge is 2.26. The number of aromatic nitrogens is 3.